The number of anilines is 2. The predicted molar refractivity (Wildman–Crippen MR) is 167 cm³/mol. The lowest BCUT2D eigenvalue weighted by atomic mass is 9.83. The molecule has 3 atom stereocenters. The molecule has 4 aromatic rings. The molecule has 1 saturated heterocycles. The van der Waals surface area contributed by atoms with Crippen LogP contribution in [0.15, 0.2) is 76.6 Å². The van der Waals surface area contributed by atoms with Crippen molar-refractivity contribution in [1.29, 1.82) is 0 Å². The number of amides is 3. The number of carbonyl (C=O) groups is 3. The van der Waals surface area contributed by atoms with E-state index in [2.05, 4.69) is 5.32 Å². The van der Waals surface area contributed by atoms with Gasteiger partial charge >= 0.3 is 4.87 Å². The maximum Gasteiger partial charge on any atom is 0.308 e. The van der Waals surface area contributed by atoms with Crippen molar-refractivity contribution in [3.8, 4) is 11.5 Å². The molecule has 1 aromatic heterocycles. The van der Waals surface area contributed by atoms with Crippen LogP contribution in [0.3, 0.4) is 0 Å². The summed E-state index contributed by atoms with van der Waals surface area (Å²) in [6.07, 6.45) is 0. The van der Waals surface area contributed by atoms with Gasteiger partial charge in [-0.25, -0.2) is 4.90 Å². The summed E-state index contributed by atoms with van der Waals surface area (Å²) in [7, 11) is 3.06. The molecule has 6 rings (SSSR count). The van der Waals surface area contributed by atoms with E-state index in [1.54, 1.807) is 36.4 Å². The van der Waals surface area contributed by atoms with Gasteiger partial charge in [-0.1, -0.05) is 64.6 Å². The number of imide groups is 1. The van der Waals surface area contributed by atoms with Gasteiger partial charge < -0.3 is 14.8 Å². The maximum atomic E-state index is 14.1. The Labute approximate surface area is 256 Å². The molecule has 11 heteroatoms. The van der Waals surface area contributed by atoms with Gasteiger partial charge in [0, 0.05) is 16.5 Å². The standard InChI is InChI=1S/C32H29N3O6S2/c1-17-5-10-20(11-6-17)33-24(36)16-34-31-28(43-32(34)39)25(19-9-14-22(40-3)23(15-19)41-4)26-27(42-31)30(38)35(29(26)37)21-12-7-18(2)8-13-21/h5-15,25-27H,16H2,1-4H3,(H,33,36)/t25-,26-,27+/m0/s1. The molecule has 1 fully saturated rings. The maximum absolute atomic E-state index is 14.1. The molecule has 220 valence electrons. The van der Waals surface area contributed by atoms with Gasteiger partial charge in [-0.15, -0.1) is 0 Å². The van der Waals surface area contributed by atoms with Crippen LogP contribution in [0.1, 0.15) is 27.5 Å². The number of hydrogen-bond acceptors (Lipinski definition) is 8. The molecule has 3 amide bonds. The first-order valence-electron chi connectivity index (χ1n) is 13.6. The summed E-state index contributed by atoms with van der Waals surface area (Å²) in [4.78, 5) is 56.1. The molecule has 0 spiro atoms. The van der Waals surface area contributed by atoms with Crippen LogP contribution in [-0.4, -0.2) is 41.8 Å². The fourth-order valence-corrected chi connectivity index (χ4v) is 8.36. The number of ether oxygens (including phenoxy) is 2. The summed E-state index contributed by atoms with van der Waals surface area (Å²) in [5.74, 6) is -1.46. The Hall–Kier alpha value is -4.35. The van der Waals surface area contributed by atoms with Gasteiger partial charge in [0.25, 0.3) is 0 Å². The number of fused-ring (bicyclic) bond motifs is 2. The third-order valence-corrected chi connectivity index (χ3v) is 10.3. The van der Waals surface area contributed by atoms with Crippen LogP contribution < -0.4 is 24.6 Å². The number of thioether (sulfide) groups is 1. The molecule has 0 bridgehead atoms. The molecular weight excluding hydrogens is 587 g/mol. The average Bonchev–Trinajstić information content (AvgIpc) is 3.44. The SMILES string of the molecule is COc1ccc([C@@H]2c3sc(=O)n(CC(=O)Nc4ccc(C)cc4)c3S[C@H]3C(=O)N(c4ccc(C)cc4)C(=O)[C@@H]23)cc1OC. The van der Waals surface area contributed by atoms with Gasteiger partial charge in [0.1, 0.15) is 11.8 Å². The van der Waals surface area contributed by atoms with Crippen molar-refractivity contribution >= 4 is 52.2 Å². The number of aromatic nitrogens is 1. The van der Waals surface area contributed by atoms with E-state index in [1.165, 1.54) is 35.4 Å². The number of hydrogen-bond donors (Lipinski definition) is 1. The first kappa shape index (κ1) is 28.8. The Morgan fingerprint density at radius 2 is 1.51 bits per heavy atom. The van der Waals surface area contributed by atoms with Gasteiger partial charge in [-0.3, -0.25) is 23.7 Å². The number of aryl methyl sites for hydroxylation is 2. The monoisotopic (exact) mass is 615 g/mol. The zero-order chi connectivity index (χ0) is 30.4. The molecule has 0 saturated carbocycles. The number of benzene rings is 3. The summed E-state index contributed by atoms with van der Waals surface area (Å²) in [6, 6.07) is 20.0. The second-order valence-corrected chi connectivity index (χ2v) is 12.7. The Morgan fingerprint density at radius 3 is 2.16 bits per heavy atom. The molecular formula is C32H29N3O6S2. The minimum absolute atomic E-state index is 0.231. The van der Waals surface area contributed by atoms with Gasteiger partial charge in [0.05, 0.1) is 30.9 Å². The second kappa shape index (κ2) is 11.4. The summed E-state index contributed by atoms with van der Waals surface area (Å²) in [5.41, 5.74) is 3.89. The molecule has 3 aromatic carbocycles. The van der Waals surface area contributed by atoms with E-state index < -0.39 is 17.1 Å². The van der Waals surface area contributed by atoms with Gasteiger partial charge in [-0.05, 0) is 55.8 Å². The lowest BCUT2D eigenvalue weighted by molar-refractivity contribution is -0.122. The van der Waals surface area contributed by atoms with E-state index in [9.17, 15) is 19.2 Å². The van der Waals surface area contributed by atoms with Crippen LogP contribution in [0.4, 0.5) is 11.4 Å². The fraction of sp³-hybridized carbons (Fsp3) is 0.250. The van der Waals surface area contributed by atoms with E-state index in [0.717, 1.165) is 22.5 Å². The number of methoxy groups -OCH3 is 2. The molecule has 43 heavy (non-hydrogen) atoms. The molecule has 1 N–H and O–H groups in total. The van der Waals surface area contributed by atoms with Crippen LogP contribution in [-0.2, 0) is 20.9 Å². The Morgan fingerprint density at radius 1 is 0.860 bits per heavy atom. The van der Waals surface area contributed by atoms with E-state index in [4.69, 9.17) is 9.47 Å². The number of nitrogens with zero attached hydrogens (tertiary/aromatic N) is 2. The van der Waals surface area contributed by atoms with Crippen LogP contribution in [0.25, 0.3) is 0 Å². The van der Waals surface area contributed by atoms with Gasteiger partial charge in [0.2, 0.25) is 17.7 Å². The van der Waals surface area contributed by atoms with Crippen LogP contribution in [0.2, 0.25) is 0 Å². The topological polar surface area (TPSA) is 107 Å². The molecule has 0 unspecified atom stereocenters. The first-order chi connectivity index (χ1) is 20.7. The number of nitrogens with one attached hydrogen (secondary N) is 1. The summed E-state index contributed by atoms with van der Waals surface area (Å²) in [6.45, 7) is 3.66. The highest BCUT2D eigenvalue weighted by atomic mass is 32.2. The first-order valence-corrected chi connectivity index (χ1v) is 15.3. The third kappa shape index (κ3) is 5.12. The van der Waals surface area contributed by atoms with E-state index in [-0.39, 0.29) is 29.1 Å². The Bertz CT molecular complexity index is 1800. The van der Waals surface area contributed by atoms with Crippen molar-refractivity contribution in [2.75, 3.05) is 24.4 Å². The molecule has 3 heterocycles. The van der Waals surface area contributed by atoms with Crippen LogP contribution in [0, 0.1) is 19.8 Å². The molecule has 2 aliphatic heterocycles. The number of rotatable bonds is 7. The number of thiazole rings is 1. The largest absolute Gasteiger partial charge is 0.493 e. The molecule has 0 radical (unpaired) electrons. The van der Waals surface area contributed by atoms with Crippen molar-refractivity contribution in [2.24, 2.45) is 5.92 Å². The third-order valence-electron chi connectivity index (χ3n) is 7.75. The minimum Gasteiger partial charge on any atom is -0.493 e. The van der Waals surface area contributed by atoms with Crippen molar-refractivity contribution in [2.45, 2.75) is 36.6 Å². The molecule has 0 aliphatic carbocycles. The highest BCUT2D eigenvalue weighted by Gasteiger charge is 2.57. The van der Waals surface area contributed by atoms with Crippen molar-refractivity contribution in [3.63, 3.8) is 0 Å². The smallest absolute Gasteiger partial charge is 0.308 e. The lowest BCUT2D eigenvalue weighted by Crippen LogP contribution is -2.33. The van der Waals surface area contributed by atoms with Crippen LogP contribution in [0.5, 0.6) is 11.5 Å². The van der Waals surface area contributed by atoms with Crippen molar-refractivity contribution in [1.82, 2.24) is 4.57 Å². The highest BCUT2D eigenvalue weighted by molar-refractivity contribution is 8.00. The normalized spacial score (nSPS) is 19.2. The Balaban J connectivity index is 1.43. The zero-order valence-corrected chi connectivity index (χ0v) is 25.6. The van der Waals surface area contributed by atoms with Crippen molar-refractivity contribution in [3.05, 3.63) is 98.0 Å². The predicted octanol–water partition coefficient (Wildman–Crippen LogP) is 4.98. The summed E-state index contributed by atoms with van der Waals surface area (Å²) in [5, 5.41) is 2.57. The van der Waals surface area contributed by atoms with E-state index in [0.29, 0.717) is 38.3 Å². The van der Waals surface area contributed by atoms with Crippen molar-refractivity contribution < 1.29 is 23.9 Å². The zero-order valence-electron chi connectivity index (χ0n) is 24.0. The lowest BCUT2D eigenvalue weighted by Gasteiger charge is -2.31. The quantitative estimate of drug-likeness (QED) is 0.293. The number of carbonyl (C=O) groups excluding carboxylic acids is 3. The average molecular weight is 616 g/mol. The minimum atomic E-state index is -0.792. The summed E-state index contributed by atoms with van der Waals surface area (Å²) < 4.78 is 12.4. The van der Waals surface area contributed by atoms with Gasteiger partial charge in [0.15, 0.2) is 11.5 Å². The fourth-order valence-electron chi connectivity index (χ4n) is 5.59. The Kier molecular flexibility index (Phi) is 7.61. The second-order valence-electron chi connectivity index (χ2n) is 10.5. The van der Waals surface area contributed by atoms with E-state index in [1.807, 2.05) is 44.2 Å². The summed E-state index contributed by atoms with van der Waals surface area (Å²) >= 11 is 2.18. The van der Waals surface area contributed by atoms with E-state index >= 15 is 0 Å². The molecule has 9 nitrogen and oxygen atoms in total. The highest BCUT2D eigenvalue weighted by Crippen LogP contribution is 2.54. The van der Waals surface area contributed by atoms with Crippen LogP contribution >= 0.6 is 23.1 Å². The molecule has 2 aliphatic rings. The van der Waals surface area contributed by atoms with Gasteiger partial charge in [-0.2, -0.15) is 0 Å².